The Bertz CT molecular complexity index is 1140. The first-order valence-corrected chi connectivity index (χ1v) is 9.84. The summed E-state index contributed by atoms with van der Waals surface area (Å²) in [5.74, 6) is -0.831. The summed E-state index contributed by atoms with van der Waals surface area (Å²) < 4.78 is 53.2. The lowest BCUT2D eigenvalue weighted by atomic mass is 9.95. The molecule has 1 atom stereocenters. The van der Waals surface area contributed by atoms with Crippen molar-refractivity contribution in [3.8, 4) is 0 Å². The molecular weight excluding hydrogens is 432 g/mol. The van der Waals surface area contributed by atoms with Crippen LogP contribution in [0.4, 0.5) is 29.2 Å². The number of pyridine rings is 2. The van der Waals surface area contributed by atoms with Gasteiger partial charge in [-0.2, -0.15) is 18.3 Å². The van der Waals surface area contributed by atoms with E-state index in [0.717, 1.165) is 16.9 Å². The minimum absolute atomic E-state index is 0.0377. The van der Waals surface area contributed by atoms with Gasteiger partial charge in [0.2, 0.25) is 0 Å². The lowest BCUT2D eigenvalue weighted by molar-refractivity contribution is -0.141. The van der Waals surface area contributed by atoms with E-state index >= 15 is 0 Å². The van der Waals surface area contributed by atoms with Crippen molar-refractivity contribution in [2.45, 2.75) is 38.1 Å². The number of β-amino-alcohol motifs (C(OH)–C–C–N with tert-alkyl or cyclic N) is 1. The van der Waals surface area contributed by atoms with Crippen LogP contribution in [0.3, 0.4) is 0 Å². The highest BCUT2D eigenvalue weighted by Gasteiger charge is 2.33. The highest BCUT2D eigenvalue weighted by Crippen LogP contribution is 2.29. The summed E-state index contributed by atoms with van der Waals surface area (Å²) >= 11 is 0. The van der Waals surface area contributed by atoms with Gasteiger partial charge in [0.05, 0.1) is 22.7 Å². The second kappa shape index (κ2) is 8.01. The molecule has 8 nitrogen and oxygen atoms in total. The van der Waals surface area contributed by atoms with E-state index in [0.29, 0.717) is 19.4 Å². The molecule has 4 rings (SSSR count). The number of halogens is 4. The minimum Gasteiger partial charge on any atom is -0.388 e. The molecule has 32 heavy (non-hydrogen) atoms. The largest absolute Gasteiger partial charge is 0.408 e. The van der Waals surface area contributed by atoms with Crippen LogP contribution < -0.4 is 5.32 Å². The SMILES string of the molecule is CC1(O)CCCN(C(=O)c2cc3c(cn2)c(Nc2ccc(F)cn2)nn3CC(F)(F)F)C1. The average molecular weight is 452 g/mol. The van der Waals surface area contributed by atoms with Crippen LogP contribution in [0.15, 0.2) is 30.6 Å². The van der Waals surface area contributed by atoms with E-state index in [-0.39, 0.29) is 34.8 Å². The molecule has 0 spiro atoms. The highest BCUT2D eigenvalue weighted by molar-refractivity contribution is 5.98. The number of likely N-dealkylation sites (tertiary alicyclic amines) is 1. The molecule has 170 valence electrons. The number of carbonyl (C=O) groups is 1. The first-order chi connectivity index (χ1) is 15.0. The molecular formula is C20H20F4N6O2. The third-order valence-electron chi connectivity index (χ3n) is 5.12. The number of amides is 1. The third kappa shape index (κ3) is 4.79. The van der Waals surface area contributed by atoms with E-state index < -0.39 is 30.0 Å². The molecule has 0 aliphatic carbocycles. The number of alkyl halides is 3. The zero-order chi connectivity index (χ0) is 23.1. The predicted molar refractivity (Wildman–Crippen MR) is 107 cm³/mol. The van der Waals surface area contributed by atoms with Gasteiger partial charge >= 0.3 is 6.18 Å². The van der Waals surface area contributed by atoms with Crippen LogP contribution in [0.2, 0.25) is 0 Å². The van der Waals surface area contributed by atoms with E-state index in [4.69, 9.17) is 0 Å². The molecule has 4 heterocycles. The van der Waals surface area contributed by atoms with Crippen LogP contribution in [-0.4, -0.2) is 60.5 Å². The van der Waals surface area contributed by atoms with Gasteiger partial charge in [0.25, 0.3) is 5.91 Å². The molecule has 2 N–H and O–H groups in total. The van der Waals surface area contributed by atoms with Crippen LogP contribution >= 0.6 is 0 Å². The number of piperidine rings is 1. The number of carbonyl (C=O) groups excluding carboxylic acids is 1. The van der Waals surface area contributed by atoms with E-state index in [1.807, 2.05) is 0 Å². The molecule has 0 aromatic carbocycles. The third-order valence-corrected chi connectivity index (χ3v) is 5.12. The van der Waals surface area contributed by atoms with Crippen molar-refractivity contribution in [2.24, 2.45) is 0 Å². The zero-order valence-electron chi connectivity index (χ0n) is 17.0. The first kappa shape index (κ1) is 21.9. The van der Waals surface area contributed by atoms with E-state index in [9.17, 15) is 27.5 Å². The number of nitrogens with one attached hydrogen (secondary N) is 1. The molecule has 1 aliphatic heterocycles. The van der Waals surface area contributed by atoms with Gasteiger partial charge < -0.3 is 15.3 Å². The Morgan fingerprint density at radius 2 is 2.06 bits per heavy atom. The number of fused-ring (bicyclic) bond motifs is 1. The Morgan fingerprint density at radius 3 is 2.72 bits per heavy atom. The van der Waals surface area contributed by atoms with Gasteiger partial charge in [-0.1, -0.05) is 0 Å². The zero-order valence-corrected chi connectivity index (χ0v) is 17.0. The van der Waals surface area contributed by atoms with Crippen molar-refractivity contribution < 1.29 is 27.5 Å². The smallest absolute Gasteiger partial charge is 0.388 e. The summed E-state index contributed by atoms with van der Waals surface area (Å²) in [6.45, 7) is 0.775. The number of anilines is 2. The molecule has 0 saturated carbocycles. The van der Waals surface area contributed by atoms with Gasteiger partial charge in [0, 0.05) is 19.3 Å². The summed E-state index contributed by atoms with van der Waals surface area (Å²) in [6.07, 6.45) is -1.18. The van der Waals surface area contributed by atoms with Gasteiger partial charge in [-0.15, -0.1) is 0 Å². The van der Waals surface area contributed by atoms with Crippen LogP contribution in [0.5, 0.6) is 0 Å². The highest BCUT2D eigenvalue weighted by atomic mass is 19.4. The van der Waals surface area contributed by atoms with E-state index in [1.165, 1.54) is 23.2 Å². The topological polar surface area (TPSA) is 96.2 Å². The lowest BCUT2D eigenvalue weighted by Gasteiger charge is -2.36. The molecule has 1 aliphatic rings. The van der Waals surface area contributed by atoms with Crippen molar-refractivity contribution in [3.05, 3.63) is 42.1 Å². The summed E-state index contributed by atoms with van der Waals surface area (Å²) in [5, 5.41) is 17.2. The van der Waals surface area contributed by atoms with E-state index in [2.05, 4.69) is 20.4 Å². The van der Waals surface area contributed by atoms with Crippen LogP contribution in [0.1, 0.15) is 30.3 Å². The van der Waals surface area contributed by atoms with E-state index in [1.54, 1.807) is 6.92 Å². The number of hydrogen-bond acceptors (Lipinski definition) is 6. The number of nitrogens with zero attached hydrogens (tertiary/aromatic N) is 5. The van der Waals surface area contributed by atoms with Gasteiger partial charge in [0.15, 0.2) is 5.82 Å². The second-order valence-corrected chi connectivity index (χ2v) is 8.02. The number of aromatic nitrogens is 4. The van der Waals surface area contributed by atoms with Crippen LogP contribution in [0, 0.1) is 5.82 Å². The van der Waals surface area contributed by atoms with Crippen molar-refractivity contribution in [1.82, 2.24) is 24.6 Å². The maximum Gasteiger partial charge on any atom is 0.408 e. The van der Waals surface area contributed by atoms with Crippen molar-refractivity contribution in [1.29, 1.82) is 0 Å². The van der Waals surface area contributed by atoms with Gasteiger partial charge in [-0.3, -0.25) is 14.5 Å². The summed E-state index contributed by atoms with van der Waals surface area (Å²) in [4.78, 5) is 22.3. The Balaban J connectivity index is 1.71. The van der Waals surface area contributed by atoms with Crippen molar-refractivity contribution >= 4 is 28.4 Å². The Kier molecular flexibility index (Phi) is 5.49. The fourth-order valence-corrected chi connectivity index (χ4v) is 3.70. The quantitative estimate of drug-likeness (QED) is 0.590. The maximum absolute atomic E-state index is 13.1. The minimum atomic E-state index is -4.55. The standard InChI is InChI=1S/C20H20F4N6O2/c1-19(32)5-2-6-29(10-19)18(31)14-7-15-13(9-25-14)17(28-30(15)11-20(22,23)24)27-16-4-3-12(21)8-26-16/h3-4,7-9,32H,2,5-6,10-11H2,1H3,(H,26,27,28). The molecule has 12 heteroatoms. The number of hydrogen-bond donors (Lipinski definition) is 2. The van der Waals surface area contributed by atoms with Gasteiger partial charge in [0.1, 0.15) is 23.9 Å². The second-order valence-electron chi connectivity index (χ2n) is 8.02. The lowest BCUT2D eigenvalue weighted by Crippen LogP contribution is -2.48. The summed E-state index contributed by atoms with van der Waals surface area (Å²) in [7, 11) is 0. The van der Waals surface area contributed by atoms with Crippen molar-refractivity contribution in [2.75, 3.05) is 18.4 Å². The maximum atomic E-state index is 13.1. The molecule has 3 aromatic rings. The molecule has 0 bridgehead atoms. The van der Waals surface area contributed by atoms with Crippen LogP contribution in [0.25, 0.3) is 10.9 Å². The fourth-order valence-electron chi connectivity index (χ4n) is 3.70. The molecule has 1 amide bonds. The van der Waals surface area contributed by atoms with Gasteiger partial charge in [-0.05, 0) is 38.0 Å². The monoisotopic (exact) mass is 452 g/mol. The molecule has 1 unspecified atom stereocenters. The Morgan fingerprint density at radius 1 is 1.28 bits per heavy atom. The average Bonchev–Trinajstić information content (AvgIpc) is 3.03. The van der Waals surface area contributed by atoms with Gasteiger partial charge in [-0.25, -0.2) is 9.37 Å². The molecule has 3 aromatic heterocycles. The summed E-state index contributed by atoms with van der Waals surface area (Å²) in [6, 6.07) is 3.72. The first-order valence-electron chi connectivity index (χ1n) is 9.84. The molecule has 1 saturated heterocycles. The van der Waals surface area contributed by atoms with Crippen LogP contribution in [-0.2, 0) is 6.54 Å². The number of rotatable bonds is 4. The van der Waals surface area contributed by atoms with Crippen molar-refractivity contribution in [3.63, 3.8) is 0 Å². The molecule has 0 radical (unpaired) electrons. The Labute approximate surface area is 179 Å². The predicted octanol–water partition coefficient (Wildman–Crippen LogP) is 3.26. The normalized spacial score (nSPS) is 19.4. The molecule has 1 fully saturated rings. The Hall–Kier alpha value is -3.28. The number of aliphatic hydroxyl groups is 1. The summed E-state index contributed by atoms with van der Waals surface area (Å²) in [5.41, 5.74) is -1.03. The fraction of sp³-hybridized carbons (Fsp3) is 0.400.